The van der Waals surface area contributed by atoms with Crippen LogP contribution in [0.15, 0.2) is 76.6 Å². The molecule has 0 bridgehead atoms. The van der Waals surface area contributed by atoms with Crippen molar-refractivity contribution in [2.45, 2.75) is 36.9 Å². The second-order valence-corrected chi connectivity index (χ2v) is 11.5. The van der Waals surface area contributed by atoms with Gasteiger partial charge < -0.3 is 14.9 Å². The summed E-state index contributed by atoms with van der Waals surface area (Å²) < 4.78 is 6.21. The lowest BCUT2D eigenvalue weighted by Crippen LogP contribution is -2.29. The van der Waals surface area contributed by atoms with Gasteiger partial charge in [0.15, 0.2) is 15.8 Å². The zero-order valence-electron chi connectivity index (χ0n) is 22.1. The van der Waals surface area contributed by atoms with E-state index < -0.39 is 17.7 Å². The largest absolute Gasteiger partial charge is 0.507 e. The van der Waals surface area contributed by atoms with E-state index in [-0.39, 0.29) is 28.0 Å². The predicted octanol–water partition coefficient (Wildman–Crippen LogP) is 6.18. The zero-order chi connectivity index (χ0) is 28.4. The van der Waals surface area contributed by atoms with E-state index in [0.717, 1.165) is 16.7 Å². The summed E-state index contributed by atoms with van der Waals surface area (Å²) in [5.74, 6) is -1.13. The first-order chi connectivity index (χ1) is 19.3. The Hall–Kier alpha value is -4.15. The van der Waals surface area contributed by atoms with Gasteiger partial charge in [-0.2, -0.15) is 0 Å². The van der Waals surface area contributed by atoms with Crippen LogP contribution < -0.4 is 9.64 Å². The van der Waals surface area contributed by atoms with Crippen LogP contribution in [0.3, 0.4) is 0 Å². The number of carbonyl (C=O) groups is 2. The fourth-order valence-electron chi connectivity index (χ4n) is 4.53. The smallest absolute Gasteiger partial charge is 0.301 e. The number of aliphatic hydroxyl groups excluding tert-OH is 1. The van der Waals surface area contributed by atoms with Crippen molar-refractivity contribution in [1.29, 1.82) is 0 Å². The number of phenolic OH excluding ortho intramolecular Hbond substituents is 1. The fourth-order valence-corrected chi connectivity index (χ4v) is 6.35. The fraction of sp³-hybridized carbons (Fsp3) is 0.200. The minimum Gasteiger partial charge on any atom is -0.507 e. The molecule has 204 valence electrons. The number of carbonyl (C=O) groups excluding carboxylic acids is 2. The number of amides is 1. The van der Waals surface area contributed by atoms with Crippen molar-refractivity contribution in [2.24, 2.45) is 0 Å². The number of phenols is 1. The molecule has 40 heavy (non-hydrogen) atoms. The van der Waals surface area contributed by atoms with E-state index in [9.17, 15) is 19.8 Å². The number of thioether (sulfide) groups is 1. The van der Waals surface area contributed by atoms with Gasteiger partial charge in [0.1, 0.15) is 5.76 Å². The summed E-state index contributed by atoms with van der Waals surface area (Å²) in [6, 6.07) is 19.1. The van der Waals surface area contributed by atoms with Crippen LogP contribution in [0, 0.1) is 13.8 Å². The molecule has 10 heteroatoms. The third-order valence-corrected chi connectivity index (χ3v) is 8.63. The van der Waals surface area contributed by atoms with Crippen molar-refractivity contribution >= 4 is 45.7 Å². The van der Waals surface area contributed by atoms with E-state index in [1.54, 1.807) is 25.1 Å². The van der Waals surface area contributed by atoms with E-state index in [1.807, 2.05) is 56.3 Å². The molecular weight excluding hydrogens is 546 g/mol. The van der Waals surface area contributed by atoms with Gasteiger partial charge in [-0.15, -0.1) is 10.2 Å². The molecule has 0 spiro atoms. The molecule has 0 radical (unpaired) electrons. The molecule has 1 aromatic heterocycles. The maximum atomic E-state index is 13.5. The average molecular weight is 574 g/mol. The summed E-state index contributed by atoms with van der Waals surface area (Å²) in [4.78, 5) is 28.3. The Balaban J connectivity index is 1.61. The quantitative estimate of drug-likeness (QED) is 0.0845. The van der Waals surface area contributed by atoms with E-state index in [4.69, 9.17) is 4.74 Å². The summed E-state index contributed by atoms with van der Waals surface area (Å²) in [5, 5.41) is 30.6. The number of hydrogen-bond donors (Lipinski definition) is 2. The molecule has 1 fully saturated rings. The van der Waals surface area contributed by atoms with Crippen molar-refractivity contribution in [2.75, 3.05) is 11.5 Å². The van der Waals surface area contributed by atoms with Gasteiger partial charge in [-0.1, -0.05) is 77.2 Å². The summed E-state index contributed by atoms with van der Waals surface area (Å²) in [7, 11) is 0. The van der Waals surface area contributed by atoms with Crippen LogP contribution in [-0.4, -0.2) is 38.7 Å². The minimum atomic E-state index is -1.01. The third kappa shape index (κ3) is 5.32. The van der Waals surface area contributed by atoms with E-state index in [0.29, 0.717) is 27.8 Å². The molecule has 0 aliphatic carbocycles. The number of hydrogen-bond acceptors (Lipinski definition) is 9. The van der Waals surface area contributed by atoms with Crippen molar-refractivity contribution < 1.29 is 24.5 Å². The average Bonchev–Trinajstić information content (AvgIpc) is 3.52. The van der Waals surface area contributed by atoms with Gasteiger partial charge in [0.25, 0.3) is 5.78 Å². The van der Waals surface area contributed by atoms with Crippen LogP contribution in [0.1, 0.15) is 40.8 Å². The van der Waals surface area contributed by atoms with Gasteiger partial charge >= 0.3 is 5.91 Å². The predicted molar refractivity (Wildman–Crippen MR) is 156 cm³/mol. The van der Waals surface area contributed by atoms with Gasteiger partial charge in [-0.05, 0) is 55.7 Å². The Kier molecular flexibility index (Phi) is 7.90. The number of aliphatic hydroxyl groups is 1. The standard InChI is InChI=1S/C30H27N3O5S2/c1-4-38-23-15-20(12-13-22(23)34)25-24(26(35)21-14-17(2)10-11-18(21)3)27(36)28(37)33(25)29-31-32-30(40-29)39-16-19-8-6-5-7-9-19/h5-15,25,34-35H,4,16H2,1-3H3. The molecule has 0 saturated carbocycles. The molecule has 1 aliphatic rings. The zero-order valence-corrected chi connectivity index (χ0v) is 23.8. The summed E-state index contributed by atoms with van der Waals surface area (Å²) >= 11 is 2.67. The van der Waals surface area contributed by atoms with Gasteiger partial charge in [-0.25, -0.2) is 0 Å². The van der Waals surface area contributed by atoms with E-state index in [1.165, 1.54) is 34.1 Å². The van der Waals surface area contributed by atoms with Gasteiger partial charge in [0.2, 0.25) is 5.13 Å². The van der Waals surface area contributed by atoms with Crippen LogP contribution in [0.4, 0.5) is 5.13 Å². The molecule has 8 nitrogen and oxygen atoms in total. The molecule has 5 rings (SSSR count). The lowest BCUT2D eigenvalue weighted by atomic mass is 9.93. The number of aryl methyl sites for hydroxylation is 2. The SMILES string of the molecule is CCOc1cc(C2C(=C(O)c3cc(C)ccc3C)C(=O)C(=O)N2c2nnc(SCc3ccccc3)s2)ccc1O. The van der Waals surface area contributed by atoms with Crippen molar-refractivity contribution in [3.63, 3.8) is 0 Å². The highest BCUT2D eigenvalue weighted by Gasteiger charge is 2.48. The minimum absolute atomic E-state index is 0.0690. The first kappa shape index (κ1) is 27.4. The van der Waals surface area contributed by atoms with Crippen LogP contribution in [0.5, 0.6) is 11.5 Å². The lowest BCUT2D eigenvalue weighted by molar-refractivity contribution is -0.132. The first-order valence-electron chi connectivity index (χ1n) is 12.6. The Bertz CT molecular complexity index is 1620. The number of ketones is 1. The number of ether oxygens (including phenoxy) is 1. The molecule has 1 unspecified atom stereocenters. The van der Waals surface area contributed by atoms with Crippen molar-refractivity contribution in [3.05, 3.63) is 100 Å². The Morgan fingerprint density at radius 3 is 2.58 bits per heavy atom. The Morgan fingerprint density at radius 1 is 1.05 bits per heavy atom. The number of anilines is 1. The molecule has 2 heterocycles. The molecular formula is C30H27N3O5S2. The molecule has 1 amide bonds. The monoisotopic (exact) mass is 573 g/mol. The van der Waals surface area contributed by atoms with Crippen LogP contribution >= 0.6 is 23.1 Å². The van der Waals surface area contributed by atoms with Crippen LogP contribution in [0.25, 0.3) is 5.76 Å². The molecule has 2 N–H and O–H groups in total. The maximum absolute atomic E-state index is 13.5. The van der Waals surface area contributed by atoms with Gasteiger partial charge in [-0.3, -0.25) is 14.5 Å². The first-order valence-corrected chi connectivity index (χ1v) is 14.4. The van der Waals surface area contributed by atoms with E-state index >= 15 is 0 Å². The molecule has 1 aliphatic heterocycles. The molecule has 1 atom stereocenters. The Labute approximate surface area is 240 Å². The number of benzene rings is 3. The number of aromatic nitrogens is 2. The topological polar surface area (TPSA) is 113 Å². The third-order valence-electron chi connectivity index (χ3n) is 6.50. The van der Waals surface area contributed by atoms with E-state index in [2.05, 4.69) is 10.2 Å². The van der Waals surface area contributed by atoms with Gasteiger partial charge in [0, 0.05) is 11.3 Å². The number of rotatable bonds is 8. The Morgan fingerprint density at radius 2 is 1.82 bits per heavy atom. The maximum Gasteiger partial charge on any atom is 0.301 e. The van der Waals surface area contributed by atoms with Crippen molar-refractivity contribution in [3.8, 4) is 11.5 Å². The summed E-state index contributed by atoms with van der Waals surface area (Å²) in [6.07, 6.45) is 0. The molecule has 1 saturated heterocycles. The number of aromatic hydroxyl groups is 1. The number of Topliss-reactive ketones (excluding diaryl/α,β-unsaturated/α-hetero) is 1. The number of nitrogens with zero attached hydrogens (tertiary/aromatic N) is 3. The van der Waals surface area contributed by atoms with Gasteiger partial charge in [0.05, 0.1) is 18.2 Å². The molecule has 3 aromatic carbocycles. The molecule has 4 aromatic rings. The highest BCUT2D eigenvalue weighted by Crippen LogP contribution is 2.45. The van der Waals surface area contributed by atoms with Crippen LogP contribution in [-0.2, 0) is 15.3 Å². The van der Waals surface area contributed by atoms with Crippen molar-refractivity contribution in [1.82, 2.24) is 10.2 Å². The second-order valence-electron chi connectivity index (χ2n) is 9.27. The normalized spacial score (nSPS) is 16.5. The lowest BCUT2D eigenvalue weighted by Gasteiger charge is -2.23. The highest BCUT2D eigenvalue weighted by molar-refractivity contribution is 8.00. The highest BCUT2D eigenvalue weighted by atomic mass is 32.2. The van der Waals surface area contributed by atoms with Crippen LogP contribution in [0.2, 0.25) is 0 Å². The summed E-state index contributed by atoms with van der Waals surface area (Å²) in [5.41, 5.74) is 3.63. The summed E-state index contributed by atoms with van der Waals surface area (Å²) in [6.45, 7) is 5.80. The second kappa shape index (κ2) is 11.5.